The van der Waals surface area contributed by atoms with Gasteiger partial charge in [-0.3, -0.25) is 19.3 Å². The van der Waals surface area contributed by atoms with Crippen LogP contribution < -0.4 is 5.73 Å². The van der Waals surface area contributed by atoms with Crippen LogP contribution in [0.4, 0.5) is 0 Å². The molecular weight excluding hydrogens is 404 g/mol. The Balaban J connectivity index is 1.94. The molecule has 4 rings (SSSR count). The zero-order chi connectivity index (χ0) is 23.0. The van der Waals surface area contributed by atoms with Gasteiger partial charge in [0.2, 0.25) is 0 Å². The molecule has 166 valence electrons. The lowest BCUT2D eigenvalue weighted by Gasteiger charge is -2.56. The predicted octanol–water partition coefficient (Wildman–Crippen LogP) is -0.153. The molecule has 31 heavy (non-hydrogen) atoms. The van der Waals surface area contributed by atoms with Crippen molar-refractivity contribution in [2.45, 2.75) is 37.0 Å². The zero-order valence-corrected chi connectivity index (χ0v) is 17.4. The van der Waals surface area contributed by atoms with Gasteiger partial charge in [0.1, 0.15) is 22.7 Å². The summed E-state index contributed by atoms with van der Waals surface area (Å²) in [6.07, 6.45) is -1.68. The van der Waals surface area contributed by atoms with Crippen LogP contribution in [0.25, 0.3) is 0 Å². The van der Waals surface area contributed by atoms with Gasteiger partial charge in [0.05, 0.1) is 17.7 Å². The quantitative estimate of drug-likeness (QED) is 0.405. The van der Waals surface area contributed by atoms with Crippen molar-refractivity contribution in [3.8, 4) is 5.75 Å². The van der Waals surface area contributed by atoms with E-state index < -0.39 is 64.3 Å². The fraction of sp³-hybridized carbons (Fsp3) is 0.500. The second-order valence-corrected chi connectivity index (χ2v) is 9.08. The Labute approximate surface area is 178 Å². The number of rotatable bonds is 2. The van der Waals surface area contributed by atoms with Gasteiger partial charge < -0.3 is 26.2 Å². The minimum absolute atomic E-state index is 0.125. The number of hydrogen-bond donors (Lipinski definition) is 5. The molecule has 1 fully saturated rings. The van der Waals surface area contributed by atoms with E-state index in [1.54, 1.807) is 26.2 Å². The normalized spacial score (nSPS) is 37.4. The summed E-state index contributed by atoms with van der Waals surface area (Å²) in [4.78, 5) is 39.8. The lowest BCUT2D eigenvalue weighted by molar-refractivity contribution is -0.174. The number of fused-ring (bicyclic) bond motifs is 3. The Kier molecular flexibility index (Phi) is 4.77. The number of nitrogens with two attached hydrogens (primary N) is 1. The summed E-state index contributed by atoms with van der Waals surface area (Å²) in [5.41, 5.74) is 3.09. The number of amides is 1. The van der Waals surface area contributed by atoms with Crippen molar-refractivity contribution in [2.24, 2.45) is 23.5 Å². The van der Waals surface area contributed by atoms with E-state index in [4.69, 9.17) is 5.73 Å². The summed E-state index contributed by atoms with van der Waals surface area (Å²) in [6, 6.07) is 3.58. The first-order chi connectivity index (χ1) is 14.4. The second-order valence-electron chi connectivity index (χ2n) is 9.08. The number of carbonyl (C=O) groups excluding carboxylic acids is 3. The van der Waals surface area contributed by atoms with E-state index in [1.807, 2.05) is 6.92 Å². The molecule has 7 atom stereocenters. The molecule has 6 N–H and O–H groups in total. The van der Waals surface area contributed by atoms with E-state index in [9.17, 15) is 34.8 Å². The molecule has 0 heterocycles. The summed E-state index contributed by atoms with van der Waals surface area (Å²) < 4.78 is 0. The molecule has 1 amide bonds. The summed E-state index contributed by atoms with van der Waals surface area (Å²) >= 11 is 0. The lowest BCUT2D eigenvalue weighted by Crippen LogP contribution is -2.68. The van der Waals surface area contributed by atoms with Crippen molar-refractivity contribution < 1.29 is 34.8 Å². The van der Waals surface area contributed by atoms with Crippen molar-refractivity contribution in [3.63, 3.8) is 0 Å². The Hall–Kier alpha value is -2.75. The highest BCUT2D eigenvalue weighted by Gasteiger charge is 2.65. The molecule has 1 saturated carbocycles. The smallest absolute Gasteiger partial charge is 0.255 e. The Morgan fingerprint density at radius 1 is 1.19 bits per heavy atom. The van der Waals surface area contributed by atoms with Crippen LogP contribution in [0.1, 0.15) is 35.2 Å². The van der Waals surface area contributed by atoms with E-state index in [0.29, 0.717) is 5.56 Å². The van der Waals surface area contributed by atoms with E-state index >= 15 is 0 Å². The summed E-state index contributed by atoms with van der Waals surface area (Å²) in [5, 5.41) is 44.1. The van der Waals surface area contributed by atoms with E-state index in [0.717, 1.165) is 0 Å². The molecule has 3 aliphatic rings. The van der Waals surface area contributed by atoms with Gasteiger partial charge in [0, 0.05) is 17.8 Å². The van der Waals surface area contributed by atoms with Crippen LogP contribution in [0.15, 0.2) is 29.5 Å². The maximum absolute atomic E-state index is 13.3. The number of aliphatic hydroxyl groups is 3. The number of aliphatic hydroxyl groups excluding tert-OH is 2. The molecular formula is C22H26N2O7. The molecule has 9 heteroatoms. The van der Waals surface area contributed by atoms with Crippen molar-refractivity contribution in [3.05, 3.63) is 40.7 Å². The van der Waals surface area contributed by atoms with Crippen LogP contribution in [0, 0.1) is 17.8 Å². The van der Waals surface area contributed by atoms with Gasteiger partial charge >= 0.3 is 0 Å². The predicted molar refractivity (Wildman–Crippen MR) is 108 cm³/mol. The second kappa shape index (κ2) is 6.88. The maximum Gasteiger partial charge on any atom is 0.255 e. The lowest BCUT2D eigenvalue weighted by atomic mass is 9.52. The number of hydrogen-bond acceptors (Lipinski definition) is 8. The number of primary amides is 1. The first kappa shape index (κ1) is 21.5. The van der Waals surface area contributed by atoms with Gasteiger partial charge in [-0.2, -0.15) is 0 Å². The number of phenolic OH excluding ortho intramolecular Hbond substituents is 1. The summed E-state index contributed by atoms with van der Waals surface area (Å²) in [7, 11) is 3.12. The first-order valence-corrected chi connectivity index (χ1v) is 10.1. The number of ketones is 2. The number of aromatic hydroxyl groups is 1. The number of likely N-dealkylation sites (N-methyl/N-ethyl adjacent to an activating group) is 1. The first-order valence-electron chi connectivity index (χ1n) is 10.1. The largest absolute Gasteiger partial charge is 0.508 e. The average Bonchev–Trinajstić information content (AvgIpc) is 2.67. The van der Waals surface area contributed by atoms with Gasteiger partial charge in [-0.05, 0) is 38.1 Å². The van der Waals surface area contributed by atoms with Crippen LogP contribution in [-0.2, 0) is 9.59 Å². The monoisotopic (exact) mass is 430 g/mol. The van der Waals surface area contributed by atoms with Crippen LogP contribution in [-0.4, -0.2) is 74.6 Å². The SMILES string of the molecule is C[C@H]1c2cccc(O)c2C(=O)C2C[C@]3(O)C(O)=C(C(N)=O)C(=O)[C@@H](N(C)C)C3[C@@H](O)C21. The minimum Gasteiger partial charge on any atom is -0.508 e. The molecule has 9 nitrogen and oxygen atoms in total. The van der Waals surface area contributed by atoms with Crippen LogP contribution in [0.3, 0.4) is 0 Å². The topological polar surface area (TPSA) is 161 Å². The fourth-order valence-corrected chi connectivity index (χ4v) is 6.02. The van der Waals surface area contributed by atoms with Crippen molar-refractivity contribution in [2.75, 3.05) is 14.1 Å². The fourth-order valence-electron chi connectivity index (χ4n) is 6.02. The maximum atomic E-state index is 13.3. The molecule has 0 spiro atoms. The molecule has 0 radical (unpaired) electrons. The molecule has 0 aliphatic heterocycles. The Morgan fingerprint density at radius 3 is 2.42 bits per heavy atom. The average molecular weight is 430 g/mol. The molecule has 0 bridgehead atoms. The molecule has 3 unspecified atom stereocenters. The molecule has 3 aliphatic carbocycles. The van der Waals surface area contributed by atoms with E-state index in [1.165, 1.54) is 11.0 Å². The third kappa shape index (κ3) is 2.70. The summed E-state index contributed by atoms with van der Waals surface area (Å²) in [5.74, 6) is -6.70. The Bertz CT molecular complexity index is 1030. The standard InChI is InChI=1S/C22H26N2O7/c1-8-9-5-4-6-11(25)13(9)17(26)10-7-22(31)15(18(27)12(8)10)16(24(2)3)19(28)14(20(22)29)21(23)30/h4-6,8,10,12,15-16,18,25,27,29,31H,7H2,1-3H3,(H2,23,30)/t8-,10?,12?,15?,16-,18-,22+/m0/s1. The van der Waals surface area contributed by atoms with Crippen molar-refractivity contribution >= 4 is 17.5 Å². The summed E-state index contributed by atoms with van der Waals surface area (Å²) in [6.45, 7) is 1.82. The van der Waals surface area contributed by atoms with Crippen LogP contribution in [0.5, 0.6) is 5.75 Å². The molecule has 0 aromatic heterocycles. The number of phenols is 1. The van der Waals surface area contributed by atoms with E-state index in [-0.39, 0.29) is 23.7 Å². The van der Waals surface area contributed by atoms with Crippen molar-refractivity contribution in [1.82, 2.24) is 4.90 Å². The van der Waals surface area contributed by atoms with Gasteiger partial charge in [-0.15, -0.1) is 0 Å². The number of carbonyl (C=O) groups is 3. The highest BCUT2D eigenvalue weighted by atomic mass is 16.3. The van der Waals surface area contributed by atoms with Gasteiger partial charge in [-0.25, -0.2) is 0 Å². The molecule has 1 aromatic rings. The van der Waals surface area contributed by atoms with E-state index in [2.05, 4.69) is 0 Å². The van der Waals surface area contributed by atoms with Crippen LogP contribution in [0.2, 0.25) is 0 Å². The van der Waals surface area contributed by atoms with Crippen molar-refractivity contribution in [1.29, 1.82) is 0 Å². The van der Waals surface area contributed by atoms with Crippen LogP contribution >= 0.6 is 0 Å². The van der Waals surface area contributed by atoms with Gasteiger partial charge in [0.15, 0.2) is 11.6 Å². The number of Topliss-reactive ketones (excluding diaryl/α,β-unsaturated/α-hetero) is 2. The Morgan fingerprint density at radius 2 is 1.84 bits per heavy atom. The number of benzene rings is 1. The molecule has 0 saturated heterocycles. The highest BCUT2D eigenvalue weighted by Crippen LogP contribution is 2.56. The third-order valence-corrected chi connectivity index (χ3v) is 7.34. The number of nitrogens with zero attached hydrogens (tertiary/aromatic N) is 1. The minimum atomic E-state index is -2.22. The highest BCUT2D eigenvalue weighted by molar-refractivity contribution is 6.22. The van der Waals surface area contributed by atoms with Gasteiger partial charge in [0.25, 0.3) is 5.91 Å². The van der Waals surface area contributed by atoms with Gasteiger partial charge in [-0.1, -0.05) is 19.1 Å². The third-order valence-electron chi connectivity index (χ3n) is 7.34. The molecule has 1 aromatic carbocycles. The zero-order valence-electron chi connectivity index (χ0n) is 17.4.